The van der Waals surface area contributed by atoms with Crippen molar-refractivity contribution in [1.29, 1.82) is 0 Å². The van der Waals surface area contributed by atoms with Crippen molar-refractivity contribution in [2.24, 2.45) is 45.9 Å². The molecule has 2 aromatic rings. The second kappa shape index (κ2) is 41.1. The van der Waals surface area contributed by atoms with E-state index in [1.165, 1.54) is 44.2 Å². The first-order valence-corrected chi connectivity index (χ1v) is 33.2. The Bertz CT molecular complexity index is 3130. The first-order chi connectivity index (χ1) is 46.9. The summed E-state index contributed by atoms with van der Waals surface area (Å²) in [4.78, 5) is 189. The summed E-state index contributed by atoms with van der Waals surface area (Å²) in [6.07, 6.45) is -9.15. The van der Waals surface area contributed by atoms with Gasteiger partial charge in [-0.15, -0.1) is 0 Å². The van der Waals surface area contributed by atoms with Gasteiger partial charge in [-0.3, -0.25) is 57.7 Å². The van der Waals surface area contributed by atoms with Gasteiger partial charge in [0, 0.05) is 13.1 Å². The zero-order valence-corrected chi connectivity index (χ0v) is 58.5. The smallest absolute Gasteiger partial charge is 0.407 e. The SMILES string of the molecule is CCC[C@@H]1NC(=O)[C@H]([C@H](O)C(C)C)NC(=O)[C@@H](NC(=O)[C@H](CC(C)C)NC(=O)[C@@H](CNC(=O)OC(C)(C)C)Cc2ccccc2)[C@@H](c2ccccc2)OC(=O)[C@H](CO)NC(=O)[C@H]([C@H](O)C(N)=O)NC(=O)CNC(=O)[C@H]([C@H](C)O)NC(=O)[C@H]([C@@H](C)CC)NC(=O)[C@@H](CCCN=C(N)N)NC1=O. The summed E-state index contributed by atoms with van der Waals surface area (Å²) < 4.78 is 11.4. The van der Waals surface area contributed by atoms with Crippen molar-refractivity contribution in [3.8, 4) is 0 Å². The third kappa shape index (κ3) is 28.0. The van der Waals surface area contributed by atoms with Crippen LogP contribution in [0.25, 0.3) is 0 Å². The maximum atomic E-state index is 15.6. The molecule has 556 valence electrons. The average Bonchev–Trinajstić information content (AvgIpc) is 0.812. The van der Waals surface area contributed by atoms with Gasteiger partial charge in [-0.1, -0.05) is 122 Å². The number of nitrogens with two attached hydrogens (primary N) is 3. The highest BCUT2D eigenvalue weighted by molar-refractivity contribution is 6.00. The number of aliphatic imine (C=N–C) groups is 1. The number of alkyl carbamates (subject to hydrolysis) is 1. The summed E-state index contributed by atoms with van der Waals surface area (Å²) in [6, 6.07) is -1.37. The van der Waals surface area contributed by atoms with Crippen LogP contribution < -0.4 is 75.7 Å². The number of ether oxygens (including phenoxy) is 2. The maximum Gasteiger partial charge on any atom is 0.407 e. The van der Waals surface area contributed by atoms with Crippen LogP contribution in [0.15, 0.2) is 65.7 Å². The van der Waals surface area contributed by atoms with Crippen LogP contribution in [0, 0.1) is 23.7 Å². The highest BCUT2D eigenvalue weighted by atomic mass is 16.6. The number of cyclic esters (lactones) is 1. The number of aliphatic hydroxyl groups is 4. The first-order valence-electron chi connectivity index (χ1n) is 33.2. The second-order valence-electron chi connectivity index (χ2n) is 26.2. The van der Waals surface area contributed by atoms with Crippen molar-refractivity contribution < 1.29 is 92.2 Å². The Balaban J connectivity index is 2.42. The molecular formula is C66H103N15O19. The molecule has 34 nitrogen and oxygen atoms in total. The van der Waals surface area contributed by atoms with E-state index in [2.05, 4.69) is 52.8 Å². The molecule has 0 radical (unpaired) electrons. The van der Waals surface area contributed by atoms with Crippen molar-refractivity contribution in [3.63, 3.8) is 0 Å². The third-order valence-corrected chi connectivity index (χ3v) is 15.8. The van der Waals surface area contributed by atoms with E-state index in [1.54, 1.807) is 85.7 Å². The standard InChI is InChI=1S/C66H103N15O19/c1-12-21-40-55(89)73-41(26-20-27-70-64(68)69)56(90)78-45(35(7)13-2)59(93)79-46(36(8)83)58(92)71-31-44(84)77-48(51(86)53(67)87)61(95)76-43(32-82)63(97)99-52(38-24-18-15-19-25-38)49(62(96)80-47(60(94)74-40)50(85)34(5)6)81-57(91)42(28-33(3)4)75-54(88)39(29-37-22-16-14-17-23-37)30-72-65(98)100-66(9,10)11/h14-19,22-25,33-36,39-43,45-52,82-83,85-86H,12-13,20-21,26-32H2,1-11H3,(H2,67,87)(H,71,92)(H,72,98)(H,73,89)(H,74,94)(H,75,88)(H,76,95)(H,77,84)(H,78,90)(H,79,93)(H,80,96)(H,81,91)(H4,68,69,70)/t35-,36-,39+,40-,41+,42-,43-,45-,46-,47-,48-,49-,50+,51-,52+/m0/s1. The Labute approximate surface area is 581 Å². The van der Waals surface area contributed by atoms with Gasteiger partial charge in [0.05, 0.1) is 31.3 Å². The minimum absolute atomic E-state index is 0.0219. The lowest BCUT2D eigenvalue weighted by atomic mass is 9.95. The third-order valence-electron chi connectivity index (χ3n) is 15.8. The van der Waals surface area contributed by atoms with Gasteiger partial charge in [0.15, 0.2) is 24.2 Å². The molecule has 0 spiro atoms. The topological polar surface area (TPSA) is 544 Å². The number of hydrogen-bond donors (Lipinski definition) is 18. The van der Waals surface area contributed by atoms with E-state index < -0.39 is 198 Å². The Kier molecular flexibility index (Phi) is 34.8. The van der Waals surface area contributed by atoms with Crippen molar-refractivity contribution >= 4 is 83.0 Å². The lowest BCUT2D eigenvalue weighted by molar-refractivity contribution is -0.159. The van der Waals surface area contributed by atoms with E-state index in [0.29, 0.717) is 5.56 Å². The molecule has 34 heteroatoms. The van der Waals surface area contributed by atoms with Gasteiger partial charge in [-0.05, 0) is 88.7 Å². The summed E-state index contributed by atoms with van der Waals surface area (Å²) in [6.45, 7) is 14.4. The minimum Gasteiger partial charge on any atom is -0.453 e. The molecule has 1 aliphatic heterocycles. The van der Waals surface area contributed by atoms with E-state index in [1.807, 2.05) is 10.6 Å². The predicted octanol–water partition coefficient (Wildman–Crippen LogP) is -3.67. The van der Waals surface area contributed by atoms with Crippen molar-refractivity contribution in [1.82, 2.24) is 58.5 Å². The van der Waals surface area contributed by atoms with Crippen LogP contribution in [0.4, 0.5) is 4.79 Å². The highest BCUT2D eigenvalue weighted by Gasteiger charge is 2.44. The van der Waals surface area contributed by atoms with Gasteiger partial charge in [0.25, 0.3) is 0 Å². The molecule has 1 fully saturated rings. The van der Waals surface area contributed by atoms with Crippen LogP contribution in [0.5, 0.6) is 0 Å². The number of amides is 12. The first kappa shape index (κ1) is 84.7. The number of guanidine groups is 1. The molecule has 3 rings (SSSR count). The fraction of sp³-hybridized carbons (Fsp3) is 0.606. The van der Waals surface area contributed by atoms with Gasteiger partial charge in [-0.2, -0.15) is 0 Å². The number of hydrogen-bond acceptors (Lipinski definition) is 20. The average molecular weight is 1410 g/mol. The molecule has 0 aliphatic carbocycles. The summed E-state index contributed by atoms with van der Waals surface area (Å²) >= 11 is 0. The molecule has 0 unspecified atom stereocenters. The van der Waals surface area contributed by atoms with Crippen LogP contribution in [0.1, 0.15) is 132 Å². The fourth-order valence-corrected chi connectivity index (χ4v) is 10.2. The molecule has 100 heavy (non-hydrogen) atoms. The van der Waals surface area contributed by atoms with Gasteiger partial charge >= 0.3 is 12.1 Å². The van der Waals surface area contributed by atoms with E-state index in [-0.39, 0.29) is 69.6 Å². The van der Waals surface area contributed by atoms with Crippen LogP contribution >= 0.6 is 0 Å². The van der Waals surface area contributed by atoms with Crippen LogP contribution in [0.3, 0.4) is 0 Å². The van der Waals surface area contributed by atoms with E-state index >= 15 is 9.59 Å². The molecule has 0 saturated carbocycles. The Hall–Kier alpha value is -9.54. The van der Waals surface area contributed by atoms with Gasteiger partial charge in [0.1, 0.15) is 53.9 Å². The molecule has 15 atom stereocenters. The molecule has 1 aliphatic rings. The summed E-state index contributed by atoms with van der Waals surface area (Å²) in [7, 11) is 0. The van der Waals surface area contributed by atoms with Crippen molar-refractivity contribution in [2.45, 2.75) is 206 Å². The van der Waals surface area contributed by atoms with E-state index in [0.717, 1.165) is 6.92 Å². The number of carbonyl (C=O) groups is 13. The van der Waals surface area contributed by atoms with Gasteiger partial charge < -0.3 is 106 Å². The Morgan fingerprint density at radius 2 is 1.22 bits per heavy atom. The molecule has 0 bridgehead atoms. The number of nitrogens with zero attached hydrogens (tertiary/aromatic N) is 1. The molecule has 12 amide bonds. The van der Waals surface area contributed by atoms with Crippen LogP contribution in [0.2, 0.25) is 0 Å². The molecular weight excluding hydrogens is 1310 g/mol. The van der Waals surface area contributed by atoms with Crippen molar-refractivity contribution in [3.05, 3.63) is 71.8 Å². The Morgan fingerprint density at radius 3 is 1.77 bits per heavy atom. The number of benzene rings is 2. The zero-order chi connectivity index (χ0) is 75.3. The summed E-state index contributed by atoms with van der Waals surface area (Å²) in [5, 5.41) is 71.1. The lowest BCUT2D eigenvalue weighted by Crippen LogP contribution is -2.64. The minimum atomic E-state index is -2.60. The fourth-order valence-electron chi connectivity index (χ4n) is 10.2. The summed E-state index contributed by atoms with van der Waals surface area (Å²) in [5.41, 5.74) is 16.1. The second-order valence-corrected chi connectivity index (χ2v) is 26.2. The molecule has 21 N–H and O–H groups in total. The number of esters is 1. The number of rotatable bonds is 25. The molecule has 2 aromatic carbocycles. The molecule has 1 heterocycles. The largest absolute Gasteiger partial charge is 0.453 e. The van der Waals surface area contributed by atoms with Crippen LogP contribution in [-0.2, 0) is 73.4 Å². The van der Waals surface area contributed by atoms with E-state index in [9.17, 15) is 73.2 Å². The van der Waals surface area contributed by atoms with Crippen molar-refractivity contribution in [2.75, 3.05) is 26.2 Å². The van der Waals surface area contributed by atoms with Gasteiger partial charge in [-0.25, -0.2) is 9.59 Å². The number of primary amides is 1. The normalized spacial score (nSPS) is 23.3. The summed E-state index contributed by atoms with van der Waals surface area (Å²) in [5.74, 6) is -18.3. The zero-order valence-electron chi connectivity index (χ0n) is 58.5. The highest BCUT2D eigenvalue weighted by Crippen LogP contribution is 2.25. The van der Waals surface area contributed by atoms with E-state index in [4.69, 9.17) is 26.7 Å². The molecule has 0 aromatic heterocycles. The van der Waals surface area contributed by atoms with Crippen LogP contribution in [-0.4, -0.2) is 208 Å². The number of carbonyl (C=O) groups excluding carboxylic acids is 13. The van der Waals surface area contributed by atoms with Gasteiger partial charge in [0.2, 0.25) is 65.0 Å². The quantitative estimate of drug-likeness (QED) is 0.0197. The number of nitrogens with one attached hydrogen (secondary N) is 11. The monoisotopic (exact) mass is 1410 g/mol. The molecule has 1 saturated heterocycles. The lowest BCUT2D eigenvalue weighted by Gasteiger charge is -2.33. The number of aliphatic hydroxyl groups excluding tert-OH is 4. The maximum absolute atomic E-state index is 15.6. The Morgan fingerprint density at radius 1 is 0.670 bits per heavy atom. The predicted molar refractivity (Wildman–Crippen MR) is 362 cm³/mol.